The molecule has 5 saturated carbocycles. The fourth-order valence-corrected chi connectivity index (χ4v) is 10.1. The fraction of sp³-hybridized carbons (Fsp3) is 0.467. The van der Waals surface area contributed by atoms with Gasteiger partial charge in [0.15, 0.2) is 0 Å². The Morgan fingerprint density at radius 1 is 1.08 bits per heavy atom. The number of hydrogen-bond acceptors (Lipinski definition) is 6. The Morgan fingerprint density at radius 3 is 2.54 bits per heavy atom. The molecule has 4 aromatic rings. The molecule has 0 spiro atoms. The number of rotatable bonds is 6. The van der Waals surface area contributed by atoms with Gasteiger partial charge < -0.3 is 14.4 Å². The second-order valence-electron chi connectivity index (χ2n) is 12.0. The normalized spacial score (nSPS) is 31.4. The number of aliphatic hydroxyl groups is 1. The summed E-state index contributed by atoms with van der Waals surface area (Å²) in [5.74, 6) is 2.12. The van der Waals surface area contributed by atoms with Crippen LogP contribution in [0.1, 0.15) is 67.2 Å². The highest BCUT2D eigenvalue weighted by Crippen LogP contribution is 2.65. The molecular formula is C30H27BrCl2N2O3S. The molecule has 4 bridgehead atoms. The Morgan fingerprint density at radius 2 is 1.82 bits per heavy atom. The van der Waals surface area contributed by atoms with E-state index in [9.17, 15) is 5.11 Å². The third kappa shape index (κ3) is 3.98. The number of benzene rings is 2. The third-order valence-electron chi connectivity index (χ3n) is 9.56. The monoisotopic (exact) mass is 644 g/mol. The minimum atomic E-state index is -0.896. The van der Waals surface area contributed by atoms with Gasteiger partial charge in [-0.15, -0.1) is 11.3 Å². The molecule has 5 aliphatic rings. The lowest BCUT2D eigenvalue weighted by Gasteiger charge is -2.62. The number of hydrogen-bond donors (Lipinski definition) is 1. The minimum absolute atomic E-state index is 0.135. The minimum Gasteiger partial charge on any atom is -0.382 e. The lowest BCUT2D eigenvalue weighted by atomic mass is 9.48. The second kappa shape index (κ2) is 9.01. The highest BCUT2D eigenvalue weighted by Gasteiger charge is 2.64. The number of thiazole rings is 1. The molecule has 5 atom stereocenters. The number of nitrogens with zero attached hydrogens (tertiary/aromatic N) is 2. The maximum atomic E-state index is 12.3. The van der Waals surface area contributed by atoms with Crippen molar-refractivity contribution in [1.29, 1.82) is 0 Å². The first kappa shape index (κ1) is 25.2. The molecule has 1 unspecified atom stereocenters. The van der Waals surface area contributed by atoms with Gasteiger partial charge in [-0.1, -0.05) is 50.4 Å². The molecule has 0 aliphatic heterocycles. The lowest BCUT2D eigenvalue weighted by Crippen LogP contribution is -2.62. The zero-order chi connectivity index (χ0) is 26.5. The van der Waals surface area contributed by atoms with Gasteiger partial charge in [0.1, 0.15) is 22.1 Å². The zero-order valence-corrected chi connectivity index (χ0v) is 25.0. The van der Waals surface area contributed by atoms with E-state index in [1.807, 2.05) is 30.3 Å². The first-order valence-corrected chi connectivity index (χ1v) is 16.1. The molecule has 1 N–H and O–H groups in total. The van der Waals surface area contributed by atoms with Gasteiger partial charge in [0, 0.05) is 21.5 Å². The summed E-state index contributed by atoms with van der Waals surface area (Å²) < 4.78 is 15.0. The van der Waals surface area contributed by atoms with Gasteiger partial charge >= 0.3 is 0 Å². The topological polar surface area (TPSA) is 68.4 Å². The van der Waals surface area contributed by atoms with Crippen LogP contribution in [-0.2, 0) is 16.9 Å². The van der Waals surface area contributed by atoms with E-state index in [-0.39, 0.29) is 17.4 Å². The van der Waals surface area contributed by atoms with Crippen LogP contribution in [0.3, 0.4) is 0 Å². The number of ether oxygens (including phenoxy) is 1. The van der Waals surface area contributed by atoms with Gasteiger partial charge in [-0.25, -0.2) is 4.98 Å². The summed E-state index contributed by atoms with van der Waals surface area (Å²) in [7, 11) is 0. The molecule has 5 aliphatic carbocycles. The molecule has 0 amide bonds. The predicted molar refractivity (Wildman–Crippen MR) is 156 cm³/mol. The molecular weight excluding hydrogens is 619 g/mol. The van der Waals surface area contributed by atoms with Crippen LogP contribution >= 0.6 is 50.5 Å². The van der Waals surface area contributed by atoms with Crippen LogP contribution in [0.4, 0.5) is 0 Å². The van der Waals surface area contributed by atoms with Crippen molar-refractivity contribution in [2.75, 3.05) is 0 Å². The summed E-state index contributed by atoms with van der Waals surface area (Å²) in [6, 6.07) is 11.6. The highest BCUT2D eigenvalue weighted by atomic mass is 79.9. The molecule has 0 saturated heterocycles. The van der Waals surface area contributed by atoms with E-state index in [0.29, 0.717) is 39.7 Å². The van der Waals surface area contributed by atoms with Crippen LogP contribution in [0.15, 0.2) is 45.4 Å². The van der Waals surface area contributed by atoms with Crippen LogP contribution in [-0.4, -0.2) is 20.8 Å². The van der Waals surface area contributed by atoms with Gasteiger partial charge in [0.25, 0.3) is 0 Å². The van der Waals surface area contributed by atoms with Gasteiger partial charge in [-0.05, 0) is 93.0 Å². The zero-order valence-electron chi connectivity index (χ0n) is 21.1. The summed E-state index contributed by atoms with van der Waals surface area (Å²) in [4.78, 5) is 4.94. The van der Waals surface area contributed by atoms with E-state index in [2.05, 4.69) is 27.2 Å². The smallest absolute Gasteiger partial charge is 0.145 e. The highest BCUT2D eigenvalue weighted by molar-refractivity contribution is 9.10. The largest absolute Gasteiger partial charge is 0.382 e. The summed E-state index contributed by atoms with van der Waals surface area (Å²) in [6.07, 6.45) is 6.96. The summed E-state index contributed by atoms with van der Waals surface area (Å²) in [5, 5.41) is 18.7. The molecule has 39 heavy (non-hydrogen) atoms. The molecule has 9 rings (SSSR count). The molecule has 2 aromatic heterocycles. The van der Waals surface area contributed by atoms with Crippen molar-refractivity contribution < 1.29 is 14.4 Å². The molecule has 202 valence electrons. The van der Waals surface area contributed by atoms with Crippen LogP contribution < -0.4 is 0 Å². The van der Waals surface area contributed by atoms with Crippen molar-refractivity contribution in [3.05, 3.63) is 67.2 Å². The maximum absolute atomic E-state index is 12.3. The maximum Gasteiger partial charge on any atom is 0.145 e. The van der Waals surface area contributed by atoms with Crippen molar-refractivity contribution in [3.8, 4) is 11.3 Å². The Kier molecular flexibility index (Phi) is 5.83. The van der Waals surface area contributed by atoms with Crippen molar-refractivity contribution in [1.82, 2.24) is 10.1 Å². The standard InChI is InChI=1S/C30H27BrCl2N2O3S/c31-19-6-7-23-24(10-19)39-28(34-23)30(36)17-8-15-9-18(30)13-29(11-15,12-17)37-14-20-26(35-38-27(20)16-4-5-16)25-21(32)2-1-3-22(25)33/h1-3,6-7,10,15-18,36H,4-5,8-9,11-14H2/t15?,17-,18+,29+,30-. The SMILES string of the molecule is O[C@]1(c2nc3ccc(Br)cc3s2)[C@@H]2CC3C[C@H]1C[C@](OCc1c(-c4c(Cl)cccc4Cl)noc1C1CC1)(C3)C2. The summed E-state index contributed by atoms with van der Waals surface area (Å²) >= 11 is 18.4. The molecule has 2 heterocycles. The van der Waals surface area contributed by atoms with Crippen LogP contribution in [0, 0.1) is 17.8 Å². The lowest BCUT2D eigenvalue weighted by molar-refractivity contribution is -0.250. The van der Waals surface area contributed by atoms with Crippen LogP contribution in [0.2, 0.25) is 10.0 Å². The van der Waals surface area contributed by atoms with Gasteiger partial charge in [0.2, 0.25) is 0 Å². The molecule has 9 heteroatoms. The van der Waals surface area contributed by atoms with Crippen molar-refractivity contribution >= 4 is 60.7 Å². The van der Waals surface area contributed by atoms with E-state index in [1.165, 1.54) is 0 Å². The summed E-state index contributed by atoms with van der Waals surface area (Å²) in [5.41, 5.74) is 2.16. The van der Waals surface area contributed by atoms with E-state index >= 15 is 0 Å². The number of fused-ring (bicyclic) bond motifs is 1. The molecule has 5 nitrogen and oxygen atoms in total. The Hall–Kier alpha value is -1.48. The Bertz CT molecular complexity index is 1580. The van der Waals surface area contributed by atoms with E-state index in [4.69, 9.17) is 37.4 Å². The first-order valence-electron chi connectivity index (χ1n) is 13.7. The van der Waals surface area contributed by atoms with Crippen molar-refractivity contribution in [3.63, 3.8) is 0 Å². The Balaban J connectivity index is 1.11. The number of halogens is 3. The molecule has 0 radical (unpaired) electrons. The van der Waals surface area contributed by atoms with Crippen molar-refractivity contribution in [2.45, 2.75) is 68.7 Å². The van der Waals surface area contributed by atoms with Crippen molar-refractivity contribution in [2.24, 2.45) is 17.8 Å². The number of aromatic nitrogens is 2. The second-order valence-corrected chi connectivity index (χ2v) is 14.8. The van der Waals surface area contributed by atoms with Crippen LogP contribution in [0.25, 0.3) is 21.5 Å². The first-order chi connectivity index (χ1) is 18.8. The average Bonchev–Trinajstić information content (AvgIpc) is 3.52. The quantitative estimate of drug-likeness (QED) is 0.227. The average molecular weight is 646 g/mol. The van der Waals surface area contributed by atoms with Gasteiger partial charge in [-0.3, -0.25) is 0 Å². The van der Waals surface area contributed by atoms with E-state index < -0.39 is 5.60 Å². The fourth-order valence-electron chi connectivity index (χ4n) is 7.78. The molecule has 5 fully saturated rings. The van der Waals surface area contributed by atoms with Gasteiger partial charge in [-0.2, -0.15) is 0 Å². The van der Waals surface area contributed by atoms with Gasteiger partial charge in [0.05, 0.1) is 32.5 Å². The van der Waals surface area contributed by atoms with E-state index in [0.717, 1.165) is 76.0 Å². The van der Waals surface area contributed by atoms with E-state index in [1.54, 1.807) is 11.3 Å². The van der Waals surface area contributed by atoms with Crippen LogP contribution in [0.5, 0.6) is 0 Å². The molecule has 2 aromatic carbocycles. The summed E-state index contributed by atoms with van der Waals surface area (Å²) in [6.45, 7) is 0.409. The third-order valence-corrected chi connectivity index (χ3v) is 11.8. The predicted octanol–water partition coefficient (Wildman–Crippen LogP) is 8.88. The Labute approximate surface area is 249 Å².